The van der Waals surface area contributed by atoms with Gasteiger partial charge in [0.1, 0.15) is 17.0 Å². The standard InChI is InChI=1S/C16H21N3O4/c1-9-4-5-10(8-19(9)15(21)22)18-13-12-11(6-7-17-13)16(2,3)23-14(12)20/h6-7,9-10H,4-5,8H2,1-3H3,(H,17,18)(H,21,22). The lowest BCUT2D eigenvalue weighted by atomic mass is 9.96. The first-order valence-corrected chi connectivity index (χ1v) is 7.78. The van der Waals surface area contributed by atoms with E-state index in [2.05, 4.69) is 10.3 Å². The molecule has 1 amide bonds. The zero-order valence-electron chi connectivity index (χ0n) is 13.5. The lowest BCUT2D eigenvalue weighted by Gasteiger charge is -2.36. The van der Waals surface area contributed by atoms with Crippen molar-refractivity contribution in [1.82, 2.24) is 9.88 Å². The molecule has 3 rings (SSSR count). The van der Waals surface area contributed by atoms with Crippen LogP contribution in [0, 0.1) is 0 Å². The number of carbonyl (C=O) groups is 2. The summed E-state index contributed by atoms with van der Waals surface area (Å²) in [5.74, 6) is 0.0860. The number of pyridine rings is 1. The Morgan fingerprint density at radius 2 is 2.22 bits per heavy atom. The molecule has 0 radical (unpaired) electrons. The van der Waals surface area contributed by atoms with E-state index in [-0.39, 0.29) is 18.1 Å². The number of aromatic nitrogens is 1. The maximum atomic E-state index is 12.2. The van der Waals surface area contributed by atoms with Gasteiger partial charge in [-0.15, -0.1) is 0 Å². The molecule has 2 aliphatic rings. The maximum absolute atomic E-state index is 12.2. The van der Waals surface area contributed by atoms with Gasteiger partial charge in [-0.2, -0.15) is 0 Å². The first-order chi connectivity index (χ1) is 10.8. The van der Waals surface area contributed by atoms with Gasteiger partial charge in [-0.3, -0.25) is 0 Å². The van der Waals surface area contributed by atoms with Gasteiger partial charge < -0.3 is 20.1 Å². The summed E-state index contributed by atoms with van der Waals surface area (Å²) in [6.07, 6.45) is 2.32. The molecule has 1 aromatic heterocycles. The molecule has 2 N–H and O–H groups in total. The van der Waals surface area contributed by atoms with E-state index >= 15 is 0 Å². The summed E-state index contributed by atoms with van der Waals surface area (Å²) in [5, 5.41) is 12.5. The number of rotatable bonds is 2. The van der Waals surface area contributed by atoms with Crippen molar-refractivity contribution >= 4 is 17.9 Å². The molecule has 0 aliphatic carbocycles. The molecular weight excluding hydrogens is 298 g/mol. The minimum absolute atomic E-state index is 0.00361. The normalized spacial score (nSPS) is 25.7. The van der Waals surface area contributed by atoms with E-state index in [9.17, 15) is 14.7 Å². The smallest absolute Gasteiger partial charge is 0.407 e. The van der Waals surface area contributed by atoms with E-state index in [1.165, 1.54) is 4.90 Å². The number of hydrogen-bond donors (Lipinski definition) is 2. The molecule has 1 aromatic rings. The lowest BCUT2D eigenvalue weighted by molar-refractivity contribution is 0.00956. The molecule has 124 valence electrons. The van der Waals surface area contributed by atoms with Crippen molar-refractivity contribution in [3.63, 3.8) is 0 Å². The van der Waals surface area contributed by atoms with Gasteiger partial charge in [0.15, 0.2) is 0 Å². The summed E-state index contributed by atoms with van der Waals surface area (Å²) in [4.78, 5) is 29.2. The van der Waals surface area contributed by atoms with Crippen LogP contribution in [-0.4, -0.2) is 45.7 Å². The highest BCUT2D eigenvalue weighted by molar-refractivity contribution is 5.99. The Labute approximate surface area is 134 Å². The van der Waals surface area contributed by atoms with Crippen LogP contribution in [0.5, 0.6) is 0 Å². The molecule has 0 aromatic carbocycles. The highest BCUT2D eigenvalue weighted by Gasteiger charge is 2.40. The molecule has 0 spiro atoms. The highest BCUT2D eigenvalue weighted by atomic mass is 16.6. The van der Waals surface area contributed by atoms with Crippen LogP contribution in [0.4, 0.5) is 10.6 Å². The summed E-state index contributed by atoms with van der Waals surface area (Å²) in [6.45, 7) is 5.97. The monoisotopic (exact) mass is 319 g/mol. The van der Waals surface area contributed by atoms with E-state index in [1.807, 2.05) is 20.8 Å². The Hall–Kier alpha value is -2.31. The number of anilines is 1. The second-order valence-electron chi connectivity index (χ2n) is 6.68. The van der Waals surface area contributed by atoms with Crippen molar-refractivity contribution in [2.45, 2.75) is 51.3 Å². The second-order valence-corrected chi connectivity index (χ2v) is 6.68. The van der Waals surface area contributed by atoms with Crippen LogP contribution in [0.1, 0.15) is 49.5 Å². The van der Waals surface area contributed by atoms with Crippen LogP contribution in [0.25, 0.3) is 0 Å². The first-order valence-electron chi connectivity index (χ1n) is 7.78. The van der Waals surface area contributed by atoms with Gasteiger partial charge in [0.05, 0.1) is 0 Å². The SMILES string of the molecule is CC1CCC(Nc2nccc3c2C(=O)OC3(C)C)CN1C(=O)O. The average molecular weight is 319 g/mol. The Bertz CT molecular complexity index is 659. The number of carboxylic acid groups (broad SMARTS) is 1. The van der Waals surface area contributed by atoms with E-state index in [1.54, 1.807) is 12.3 Å². The van der Waals surface area contributed by atoms with Crippen molar-refractivity contribution in [3.8, 4) is 0 Å². The van der Waals surface area contributed by atoms with Gasteiger partial charge in [-0.1, -0.05) is 0 Å². The number of amides is 1. The number of fused-ring (bicyclic) bond motifs is 1. The van der Waals surface area contributed by atoms with Gasteiger partial charge in [0.25, 0.3) is 0 Å². The van der Waals surface area contributed by atoms with E-state index in [4.69, 9.17) is 4.74 Å². The van der Waals surface area contributed by atoms with E-state index in [0.29, 0.717) is 17.9 Å². The molecule has 2 atom stereocenters. The molecule has 7 nitrogen and oxygen atoms in total. The number of nitrogens with one attached hydrogen (secondary N) is 1. The molecule has 3 heterocycles. The quantitative estimate of drug-likeness (QED) is 0.814. The number of piperidine rings is 1. The van der Waals surface area contributed by atoms with Crippen LogP contribution < -0.4 is 5.32 Å². The Morgan fingerprint density at radius 1 is 1.48 bits per heavy atom. The summed E-state index contributed by atoms with van der Waals surface area (Å²) in [5.41, 5.74) is 0.595. The molecule has 1 fully saturated rings. The Kier molecular flexibility index (Phi) is 3.66. The predicted octanol–water partition coefficient (Wildman–Crippen LogP) is 2.43. The number of carbonyl (C=O) groups excluding carboxylic acids is 1. The van der Waals surface area contributed by atoms with Crippen molar-refractivity contribution < 1.29 is 19.4 Å². The summed E-state index contributed by atoms with van der Waals surface area (Å²) in [6, 6.07) is 1.72. The van der Waals surface area contributed by atoms with E-state index < -0.39 is 11.7 Å². The zero-order valence-corrected chi connectivity index (χ0v) is 13.5. The second kappa shape index (κ2) is 5.40. The van der Waals surface area contributed by atoms with Crippen LogP contribution in [0.3, 0.4) is 0 Å². The van der Waals surface area contributed by atoms with Gasteiger partial charge in [0.2, 0.25) is 0 Å². The van der Waals surface area contributed by atoms with Crippen molar-refractivity contribution in [2.75, 3.05) is 11.9 Å². The zero-order chi connectivity index (χ0) is 16.8. The topological polar surface area (TPSA) is 91.8 Å². The van der Waals surface area contributed by atoms with Gasteiger partial charge in [-0.25, -0.2) is 14.6 Å². The molecule has 23 heavy (non-hydrogen) atoms. The Balaban J connectivity index is 1.84. The fraction of sp³-hybridized carbons (Fsp3) is 0.562. The number of esters is 1. The summed E-state index contributed by atoms with van der Waals surface area (Å²) >= 11 is 0. The predicted molar refractivity (Wildman–Crippen MR) is 83.5 cm³/mol. The summed E-state index contributed by atoms with van der Waals surface area (Å²) < 4.78 is 5.40. The minimum atomic E-state index is -0.921. The molecule has 0 bridgehead atoms. The van der Waals surface area contributed by atoms with Gasteiger partial charge >= 0.3 is 12.1 Å². The molecular formula is C16H21N3O4. The molecule has 7 heteroatoms. The van der Waals surface area contributed by atoms with Crippen molar-refractivity contribution in [3.05, 3.63) is 23.4 Å². The maximum Gasteiger partial charge on any atom is 0.407 e. The molecule has 1 saturated heterocycles. The van der Waals surface area contributed by atoms with Crippen molar-refractivity contribution in [2.24, 2.45) is 0 Å². The van der Waals surface area contributed by atoms with Gasteiger partial charge in [0, 0.05) is 30.4 Å². The fourth-order valence-corrected chi connectivity index (χ4v) is 3.30. The largest absolute Gasteiger partial charge is 0.465 e. The van der Waals surface area contributed by atoms with Crippen LogP contribution >= 0.6 is 0 Å². The molecule has 0 saturated carbocycles. The summed E-state index contributed by atoms with van der Waals surface area (Å²) in [7, 11) is 0. The minimum Gasteiger partial charge on any atom is -0.465 e. The molecule has 2 aliphatic heterocycles. The highest BCUT2D eigenvalue weighted by Crippen LogP contribution is 2.38. The van der Waals surface area contributed by atoms with Crippen LogP contribution in [0.15, 0.2) is 12.3 Å². The van der Waals surface area contributed by atoms with Crippen molar-refractivity contribution in [1.29, 1.82) is 0 Å². The van der Waals surface area contributed by atoms with Crippen LogP contribution in [-0.2, 0) is 10.3 Å². The van der Waals surface area contributed by atoms with E-state index in [0.717, 1.165) is 18.4 Å². The first kappa shape index (κ1) is 15.6. The number of hydrogen-bond acceptors (Lipinski definition) is 5. The van der Waals surface area contributed by atoms with Gasteiger partial charge in [-0.05, 0) is 39.7 Å². The third-order valence-corrected chi connectivity index (χ3v) is 4.62. The number of cyclic esters (lactones) is 1. The number of likely N-dealkylation sites (tertiary alicyclic amines) is 1. The number of ether oxygens (including phenoxy) is 1. The lowest BCUT2D eigenvalue weighted by Crippen LogP contribution is -2.49. The third-order valence-electron chi connectivity index (χ3n) is 4.62. The average Bonchev–Trinajstić information content (AvgIpc) is 2.71. The third kappa shape index (κ3) is 2.71. The fourth-order valence-electron chi connectivity index (χ4n) is 3.30. The molecule has 2 unspecified atom stereocenters. The van der Waals surface area contributed by atoms with Crippen LogP contribution in [0.2, 0.25) is 0 Å². The Morgan fingerprint density at radius 3 is 2.91 bits per heavy atom. The number of nitrogens with zero attached hydrogens (tertiary/aromatic N) is 2.